The van der Waals surface area contributed by atoms with Crippen LogP contribution in [0.15, 0.2) is 11.6 Å². The Hall–Kier alpha value is -0.0600. The molecule has 1 aliphatic rings. The van der Waals surface area contributed by atoms with E-state index >= 15 is 0 Å². The van der Waals surface area contributed by atoms with Crippen molar-refractivity contribution < 1.29 is 0 Å². The summed E-state index contributed by atoms with van der Waals surface area (Å²) < 4.78 is 0. The molecule has 0 bridgehead atoms. The lowest BCUT2D eigenvalue weighted by atomic mass is 9.96. The zero-order valence-corrected chi connectivity index (χ0v) is 9.38. The highest BCUT2D eigenvalue weighted by molar-refractivity contribution is 7.99. The molecule has 0 spiro atoms. The lowest BCUT2D eigenvalue weighted by molar-refractivity contribution is 0.365. The van der Waals surface area contributed by atoms with Crippen molar-refractivity contribution in [3.63, 3.8) is 0 Å². The van der Waals surface area contributed by atoms with E-state index in [0.717, 1.165) is 5.75 Å². The molecule has 0 amide bonds. The summed E-state index contributed by atoms with van der Waals surface area (Å²) >= 11 is 3.79. The van der Waals surface area contributed by atoms with E-state index in [1.807, 2.05) is 25.0 Å². The predicted octanol–water partition coefficient (Wildman–Crippen LogP) is 2.08. The summed E-state index contributed by atoms with van der Waals surface area (Å²) in [6, 6.07) is 0. The molecule has 1 fully saturated rings. The Kier molecular flexibility index (Phi) is 2.91. The fourth-order valence-electron chi connectivity index (χ4n) is 1.73. The van der Waals surface area contributed by atoms with Crippen molar-refractivity contribution in [2.75, 3.05) is 18.6 Å². The second kappa shape index (κ2) is 3.98. The van der Waals surface area contributed by atoms with Crippen LogP contribution in [-0.4, -0.2) is 23.5 Å². The summed E-state index contributed by atoms with van der Waals surface area (Å²) in [6.45, 7) is 0. The Labute approximate surface area is 87.1 Å². The van der Waals surface area contributed by atoms with Crippen LogP contribution in [-0.2, 0) is 5.54 Å². The summed E-state index contributed by atoms with van der Waals surface area (Å²) in [5.74, 6) is 2.46. The molecule has 0 saturated carbocycles. The maximum Gasteiger partial charge on any atom is 0.113 e. The first-order valence-electron chi connectivity index (χ1n) is 4.54. The van der Waals surface area contributed by atoms with Gasteiger partial charge >= 0.3 is 0 Å². The average Bonchev–Trinajstić information content (AvgIpc) is 2.72. The van der Waals surface area contributed by atoms with Crippen LogP contribution in [0.25, 0.3) is 0 Å². The van der Waals surface area contributed by atoms with Crippen molar-refractivity contribution >= 4 is 23.1 Å². The highest BCUT2D eigenvalue weighted by Crippen LogP contribution is 2.35. The number of nitrogens with one attached hydrogen (secondary N) is 1. The van der Waals surface area contributed by atoms with Gasteiger partial charge in [0, 0.05) is 17.3 Å². The molecule has 4 heteroatoms. The number of aromatic nitrogens is 1. The maximum absolute atomic E-state index is 4.43. The summed E-state index contributed by atoms with van der Waals surface area (Å²) in [7, 11) is 2.05. The number of hydrogen-bond acceptors (Lipinski definition) is 4. The molecule has 0 radical (unpaired) electrons. The van der Waals surface area contributed by atoms with Gasteiger partial charge in [0.2, 0.25) is 0 Å². The Bertz CT molecular complexity index is 253. The summed E-state index contributed by atoms with van der Waals surface area (Å²) in [5, 5.41) is 6.76. The van der Waals surface area contributed by atoms with E-state index in [1.165, 1.54) is 23.6 Å². The number of thioether (sulfide) groups is 1. The Morgan fingerprint density at radius 2 is 2.54 bits per heavy atom. The van der Waals surface area contributed by atoms with E-state index in [1.54, 1.807) is 11.3 Å². The normalized spacial score (nSPS) is 29.0. The summed E-state index contributed by atoms with van der Waals surface area (Å²) in [4.78, 5) is 4.43. The van der Waals surface area contributed by atoms with Crippen LogP contribution < -0.4 is 5.32 Å². The smallest absolute Gasteiger partial charge is 0.113 e. The van der Waals surface area contributed by atoms with Crippen molar-refractivity contribution in [2.45, 2.75) is 18.4 Å². The topological polar surface area (TPSA) is 24.9 Å². The Balaban J connectivity index is 2.23. The largest absolute Gasteiger partial charge is 0.308 e. The van der Waals surface area contributed by atoms with E-state index in [-0.39, 0.29) is 5.54 Å². The van der Waals surface area contributed by atoms with Crippen LogP contribution in [0, 0.1) is 0 Å². The van der Waals surface area contributed by atoms with Crippen LogP contribution >= 0.6 is 23.1 Å². The minimum atomic E-state index is 0.164. The van der Waals surface area contributed by atoms with Gasteiger partial charge in [-0.2, -0.15) is 11.8 Å². The van der Waals surface area contributed by atoms with E-state index in [2.05, 4.69) is 15.7 Å². The molecular formula is C9H14N2S2. The lowest BCUT2D eigenvalue weighted by Crippen LogP contribution is -2.44. The number of nitrogens with zero attached hydrogens (tertiary/aromatic N) is 1. The second-order valence-corrected chi connectivity index (χ2v) is 5.33. The van der Waals surface area contributed by atoms with Gasteiger partial charge in [-0.25, -0.2) is 4.98 Å². The van der Waals surface area contributed by atoms with Crippen molar-refractivity contribution in [1.82, 2.24) is 10.3 Å². The first kappa shape index (κ1) is 9.49. The van der Waals surface area contributed by atoms with Crippen LogP contribution in [0.4, 0.5) is 0 Å². The number of rotatable bonds is 2. The zero-order chi connectivity index (χ0) is 9.15. The molecule has 0 aliphatic carbocycles. The van der Waals surface area contributed by atoms with Gasteiger partial charge in [0.25, 0.3) is 0 Å². The minimum absolute atomic E-state index is 0.164. The highest BCUT2D eigenvalue weighted by atomic mass is 32.2. The molecule has 1 N–H and O–H groups in total. The first-order chi connectivity index (χ1) is 6.37. The molecule has 2 heterocycles. The molecule has 1 aliphatic heterocycles. The van der Waals surface area contributed by atoms with Crippen LogP contribution in [0.3, 0.4) is 0 Å². The summed E-state index contributed by atoms with van der Waals surface area (Å²) in [6.07, 6.45) is 4.42. The maximum atomic E-state index is 4.43. The molecule has 72 valence electrons. The molecule has 1 unspecified atom stereocenters. The highest BCUT2D eigenvalue weighted by Gasteiger charge is 2.34. The van der Waals surface area contributed by atoms with Crippen LogP contribution in [0.1, 0.15) is 17.8 Å². The van der Waals surface area contributed by atoms with E-state index in [9.17, 15) is 0 Å². The van der Waals surface area contributed by atoms with Gasteiger partial charge < -0.3 is 5.32 Å². The van der Waals surface area contributed by atoms with Crippen molar-refractivity contribution in [3.8, 4) is 0 Å². The fraction of sp³-hybridized carbons (Fsp3) is 0.667. The Morgan fingerprint density at radius 3 is 3.08 bits per heavy atom. The predicted molar refractivity (Wildman–Crippen MR) is 59.4 cm³/mol. The van der Waals surface area contributed by atoms with Gasteiger partial charge in [-0.05, 0) is 25.6 Å². The van der Waals surface area contributed by atoms with Crippen molar-refractivity contribution in [2.24, 2.45) is 0 Å². The lowest BCUT2D eigenvalue weighted by Gasteiger charge is -2.34. The molecule has 2 rings (SSSR count). The monoisotopic (exact) mass is 214 g/mol. The first-order valence-corrected chi connectivity index (χ1v) is 6.57. The van der Waals surface area contributed by atoms with Crippen LogP contribution in [0.2, 0.25) is 0 Å². The molecular weight excluding hydrogens is 200 g/mol. The molecule has 2 nitrogen and oxygen atoms in total. The standard InChI is InChI=1S/C9H14N2S2/c1-10-9(3-2-5-12-7-9)8-11-4-6-13-8/h4,6,10H,2-3,5,7H2,1H3. The molecule has 13 heavy (non-hydrogen) atoms. The molecule has 1 aromatic heterocycles. The SMILES string of the molecule is CNC1(c2nccs2)CCCSC1. The van der Waals surface area contributed by atoms with Gasteiger partial charge in [-0.3, -0.25) is 0 Å². The third-order valence-corrected chi connectivity index (χ3v) is 4.81. The van der Waals surface area contributed by atoms with Gasteiger partial charge in [0.05, 0.1) is 5.54 Å². The molecule has 1 aromatic rings. The quantitative estimate of drug-likeness (QED) is 0.816. The second-order valence-electron chi connectivity index (χ2n) is 3.33. The third-order valence-electron chi connectivity index (χ3n) is 2.56. The number of hydrogen-bond donors (Lipinski definition) is 1. The third kappa shape index (κ3) is 1.75. The van der Waals surface area contributed by atoms with Crippen molar-refractivity contribution in [1.29, 1.82) is 0 Å². The molecule has 0 aromatic carbocycles. The van der Waals surface area contributed by atoms with E-state index in [0.29, 0.717) is 0 Å². The molecule has 1 saturated heterocycles. The van der Waals surface area contributed by atoms with E-state index in [4.69, 9.17) is 0 Å². The van der Waals surface area contributed by atoms with E-state index < -0.39 is 0 Å². The van der Waals surface area contributed by atoms with Gasteiger partial charge in [-0.15, -0.1) is 11.3 Å². The van der Waals surface area contributed by atoms with Crippen molar-refractivity contribution in [3.05, 3.63) is 16.6 Å². The van der Waals surface area contributed by atoms with Gasteiger partial charge in [0.1, 0.15) is 5.01 Å². The minimum Gasteiger partial charge on any atom is -0.308 e. The number of thiazole rings is 1. The molecule has 1 atom stereocenters. The fourth-order valence-corrected chi connectivity index (χ4v) is 3.96. The Morgan fingerprint density at radius 1 is 1.62 bits per heavy atom. The van der Waals surface area contributed by atoms with Gasteiger partial charge in [0.15, 0.2) is 0 Å². The zero-order valence-electron chi connectivity index (χ0n) is 7.75. The average molecular weight is 214 g/mol. The summed E-state index contributed by atoms with van der Waals surface area (Å²) in [5.41, 5.74) is 0.164. The van der Waals surface area contributed by atoms with Gasteiger partial charge in [-0.1, -0.05) is 0 Å². The van der Waals surface area contributed by atoms with Crippen LogP contribution in [0.5, 0.6) is 0 Å².